The fourth-order valence-electron chi connectivity index (χ4n) is 1.81. The second kappa shape index (κ2) is 4.70. The number of rotatable bonds is 2. The molecule has 0 bridgehead atoms. The zero-order valence-corrected chi connectivity index (χ0v) is 10.8. The lowest BCUT2D eigenvalue weighted by Gasteiger charge is -2.03. The number of phenolic OH excluding ortho intramolecular Hbond substituents is 1. The predicted octanol–water partition coefficient (Wildman–Crippen LogP) is 3.16. The Bertz CT molecular complexity index is 689. The van der Waals surface area contributed by atoms with Crippen LogP contribution in [0.15, 0.2) is 48.5 Å². The van der Waals surface area contributed by atoms with Crippen molar-refractivity contribution in [1.82, 2.24) is 10.2 Å². The molecule has 0 aliphatic heterocycles. The average molecular weight is 269 g/mol. The van der Waals surface area contributed by atoms with Crippen LogP contribution in [-0.4, -0.2) is 15.3 Å². The fourth-order valence-corrected chi connectivity index (χ4v) is 2.43. The first-order chi connectivity index (χ1) is 9.22. The molecule has 19 heavy (non-hydrogen) atoms. The number of aromatic nitrogens is 2. The van der Waals surface area contributed by atoms with Gasteiger partial charge in [0, 0.05) is 5.56 Å². The third-order valence-electron chi connectivity index (χ3n) is 2.77. The molecule has 5 heteroatoms. The van der Waals surface area contributed by atoms with Crippen LogP contribution in [0.4, 0.5) is 5.13 Å². The van der Waals surface area contributed by atoms with Crippen molar-refractivity contribution in [1.29, 1.82) is 0 Å². The molecule has 0 spiro atoms. The number of hydrogen-bond acceptors (Lipinski definition) is 5. The van der Waals surface area contributed by atoms with Gasteiger partial charge in [0.05, 0.1) is 0 Å². The minimum atomic E-state index is 0.268. The van der Waals surface area contributed by atoms with Gasteiger partial charge in [-0.05, 0) is 23.3 Å². The number of benzene rings is 2. The smallest absolute Gasteiger partial charge is 0.203 e. The monoisotopic (exact) mass is 269 g/mol. The van der Waals surface area contributed by atoms with Crippen molar-refractivity contribution >= 4 is 16.5 Å². The molecule has 0 aliphatic rings. The average Bonchev–Trinajstić information content (AvgIpc) is 2.87. The highest BCUT2D eigenvalue weighted by atomic mass is 32.1. The van der Waals surface area contributed by atoms with Crippen LogP contribution >= 0.6 is 11.3 Å². The lowest BCUT2D eigenvalue weighted by Crippen LogP contribution is -1.81. The molecule has 0 radical (unpaired) electrons. The first kappa shape index (κ1) is 11.7. The summed E-state index contributed by atoms with van der Waals surface area (Å²) in [7, 11) is 0. The van der Waals surface area contributed by atoms with Gasteiger partial charge in [-0.3, -0.25) is 0 Å². The van der Waals surface area contributed by atoms with Crippen molar-refractivity contribution in [3.8, 4) is 27.4 Å². The van der Waals surface area contributed by atoms with Gasteiger partial charge in [-0.25, -0.2) is 0 Å². The van der Waals surface area contributed by atoms with Gasteiger partial charge in [-0.1, -0.05) is 47.7 Å². The van der Waals surface area contributed by atoms with E-state index in [0.717, 1.165) is 21.7 Å². The lowest BCUT2D eigenvalue weighted by molar-refractivity contribution is 0.475. The Morgan fingerprint density at radius 1 is 0.789 bits per heavy atom. The van der Waals surface area contributed by atoms with Crippen LogP contribution in [0.1, 0.15) is 0 Å². The third-order valence-corrected chi connectivity index (χ3v) is 3.57. The van der Waals surface area contributed by atoms with Crippen LogP contribution in [0.3, 0.4) is 0 Å². The molecule has 0 saturated carbocycles. The van der Waals surface area contributed by atoms with E-state index in [9.17, 15) is 5.11 Å². The van der Waals surface area contributed by atoms with Gasteiger partial charge < -0.3 is 10.8 Å². The zero-order valence-electron chi connectivity index (χ0n) is 9.95. The number of nitrogens with zero attached hydrogens (tertiary/aromatic N) is 2. The Labute approximate surface area is 114 Å². The van der Waals surface area contributed by atoms with E-state index in [1.165, 1.54) is 11.3 Å². The predicted molar refractivity (Wildman–Crippen MR) is 76.9 cm³/mol. The van der Waals surface area contributed by atoms with E-state index in [1.54, 1.807) is 12.1 Å². The molecule has 3 aromatic rings. The number of nitrogen functional groups attached to an aromatic ring is 1. The van der Waals surface area contributed by atoms with Gasteiger partial charge in [0.25, 0.3) is 0 Å². The highest BCUT2D eigenvalue weighted by molar-refractivity contribution is 7.18. The maximum atomic E-state index is 9.27. The molecular formula is C14H11N3OS. The van der Waals surface area contributed by atoms with E-state index in [-0.39, 0.29) is 5.75 Å². The van der Waals surface area contributed by atoms with Gasteiger partial charge in [-0.15, -0.1) is 10.2 Å². The van der Waals surface area contributed by atoms with Crippen molar-refractivity contribution in [3.63, 3.8) is 0 Å². The second-order valence-corrected chi connectivity index (χ2v) is 5.08. The second-order valence-electron chi connectivity index (χ2n) is 4.07. The Balaban J connectivity index is 1.92. The van der Waals surface area contributed by atoms with Gasteiger partial charge in [0.1, 0.15) is 10.8 Å². The van der Waals surface area contributed by atoms with E-state index < -0.39 is 0 Å². The highest BCUT2D eigenvalue weighted by Crippen LogP contribution is 2.28. The van der Waals surface area contributed by atoms with Crippen LogP contribution in [0, 0.1) is 0 Å². The van der Waals surface area contributed by atoms with Crippen molar-refractivity contribution < 1.29 is 5.11 Å². The third kappa shape index (κ3) is 2.41. The minimum Gasteiger partial charge on any atom is -0.508 e. The SMILES string of the molecule is Nc1nnc(-c2ccc(-c3ccc(O)cc3)cc2)s1. The maximum Gasteiger partial charge on any atom is 0.203 e. The summed E-state index contributed by atoms with van der Waals surface area (Å²) in [6.07, 6.45) is 0. The Kier molecular flexibility index (Phi) is 2.89. The molecule has 1 aromatic heterocycles. The van der Waals surface area contributed by atoms with Crippen molar-refractivity contribution in [2.75, 3.05) is 5.73 Å². The van der Waals surface area contributed by atoms with E-state index in [1.807, 2.05) is 36.4 Å². The lowest BCUT2D eigenvalue weighted by atomic mass is 10.0. The number of hydrogen-bond donors (Lipinski definition) is 2. The molecule has 1 heterocycles. The summed E-state index contributed by atoms with van der Waals surface area (Å²) in [5.74, 6) is 0.268. The summed E-state index contributed by atoms with van der Waals surface area (Å²) in [5, 5.41) is 18.4. The molecule has 2 aromatic carbocycles. The van der Waals surface area contributed by atoms with Crippen LogP contribution in [0.2, 0.25) is 0 Å². The van der Waals surface area contributed by atoms with Crippen LogP contribution in [0.5, 0.6) is 5.75 Å². The standard InChI is InChI=1S/C14H11N3OS/c15-14-17-16-13(19-14)11-3-1-9(2-4-11)10-5-7-12(18)8-6-10/h1-8,18H,(H2,15,17). The highest BCUT2D eigenvalue weighted by Gasteiger charge is 2.05. The molecule has 3 N–H and O–H groups in total. The fraction of sp³-hybridized carbons (Fsp3) is 0. The molecule has 0 fully saturated rings. The maximum absolute atomic E-state index is 9.27. The Morgan fingerprint density at radius 2 is 1.32 bits per heavy atom. The molecule has 3 rings (SSSR count). The van der Waals surface area contributed by atoms with E-state index >= 15 is 0 Å². The molecule has 0 unspecified atom stereocenters. The summed E-state index contributed by atoms with van der Waals surface area (Å²) >= 11 is 1.37. The summed E-state index contributed by atoms with van der Waals surface area (Å²) in [4.78, 5) is 0. The summed E-state index contributed by atoms with van der Waals surface area (Å²) in [6, 6.07) is 15.1. The van der Waals surface area contributed by atoms with Gasteiger partial charge >= 0.3 is 0 Å². The van der Waals surface area contributed by atoms with Crippen molar-refractivity contribution in [2.24, 2.45) is 0 Å². The first-order valence-electron chi connectivity index (χ1n) is 5.71. The quantitative estimate of drug-likeness (QED) is 0.749. The number of nitrogens with two attached hydrogens (primary N) is 1. The van der Waals surface area contributed by atoms with Gasteiger partial charge in [-0.2, -0.15) is 0 Å². The van der Waals surface area contributed by atoms with E-state index in [4.69, 9.17) is 5.73 Å². The Hall–Kier alpha value is -2.40. The normalized spacial score (nSPS) is 10.5. The number of phenols is 1. The molecule has 0 amide bonds. The van der Waals surface area contributed by atoms with Crippen LogP contribution in [0.25, 0.3) is 21.7 Å². The molecule has 0 saturated heterocycles. The van der Waals surface area contributed by atoms with Gasteiger partial charge in [0.2, 0.25) is 5.13 Å². The van der Waals surface area contributed by atoms with E-state index in [0.29, 0.717) is 5.13 Å². The van der Waals surface area contributed by atoms with Crippen LogP contribution in [-0.2, 0) is 0 Å². The van der Waals surface area contributed by atoms with Crippen molar-refractivity contribution in [2.45, 2.75) is 0 Å². The first-order valence-corrected chi connectivity index (χ1v) is 6.53. The largest absolute Gasteiger partial charge is 0.508 e. The molecule has 94 valence electrons. The summed E-state index contributed by atoms with van der Waals surface area (Å²) in [5.41, 5.74) is 8.71. The summed E-state index contributed by atoms with van der Waals surface area (Å²) in [6.45, 7) is 0. The number of aromatic hydroxyl groups is 1. The topological polar surface area (TPSA) is 72.0 Å². The van der Waals surface area contributed by atoms with E-state index in [2.05, 4.69) is 10.2 Å². The van der Waals surface area contributed by atoms with Crippen LogP contribution < -0.4 is 5.73 Å². The van der Waals surface area contributed by atoms with Crippen molar-refractivity contribution in [3.05, 3.63) is 48.5 Å². The molecular weight excluding hydrogens is 258 g/mol. The van der Waals surface area contributed by atoms with Gasteiger partial charge in [0.15, 0.2) is 0 Å². The molecule has 0 aliphatic carbocycles. The molecule has 4 nitrogen and oxygen atoms in total. The summed E-state index contributed by atoms with van der Waals surface area (Å²) < 4.78 is 0. The number of anilines is 1. The minimum absolute atomic E-state index is 0.268. The Morgan fingerprint density at radius 3 is 1.84 bits per heavy atom. The molecule has 0 atom stereocenters. The zero-order chi connectivity index (χ0) is 13.2.